The first kappa shape index (κ1) is 10.4. The van der Waals surface area contributed by atoms with Crippen molar-refractivity contribution in [3.05, 3.63) is 18.2 Å². The summed E-state index contributed by atoms with van der Waals surface area (Å²) in [6, 6.07) is 0. The second-order valence-electron chi connectivity index (χ2n) is 4.50. The summed E-state index contributed by atoms with van der Waals surface area (Å²) in [6.07, 6.45) is 9.88. The molecule has 0 spiro atoms. The Morgan fingerprint density at radius 1 is 1.20 bits per heavy atom. The molecule has 0 saturated heterocycles. The average Bonchev–Trinajstić information content (AvgIpc) is 2.30. The molecule has 1 saturated carbocycles. The van der Waals surface area contributed by atoms with E-state index in [-0.39, 0.29) is 0 Å². The van der Waals surface area contributed by atoms with Crippen molar-refractivity contribution in [1.82, 2.24) is 9.97 Å². The van der Waals surface area contributed by atoms with E-state index < -0.39 is 0 Å². The fraction of sp³-hybridized carbons (Fsp3) is 0.667. The van der Waals surface area contributed by atoms with Gasteiger partial charge in [0.1, 0.15) is 5.82 Å². The van der Waals surface area contributed by atoms with Crippen molar-refractivity contribution in [2.24, 2.45) is 5.92 Å². The lowest BCUT2D eigenvalue weighted by Gasteiger charge is -2.26. The van der Waals surface area contributed by atoms with Crippen LogP contribution in [-0.4, -0.2) is 9.97 Å². The Hall–Kier alpha value is -1.12. The number of rotatable bonds is 2. The third-order valence-corrected chi connectivity index (χ3v) is 3.48. The van der Waals surface area contributed by atoms with Crippen molar-refractivity contribution in [3.63, 3.8) is 0 Å². The third kappa shape index (κ3) is 2.46. The number of hydrogen-bond acceptors (Lipinski definition) is 3. The fourth-order valence-electron chi connectivity index (χ4n) is 2.39. The van der Waals surface area contributed by atoms with Crippen molar-refractivity contribution in [2.75, 3.05) is 5.73 Å². The summed E-state index contributed by atoms with van der Waals surface area (Å²) in [5.41, 5.74) is 6.23. The van der Waals surface area contributed by atoms with Crippen molar-refractivity contribution in [3.8, 4) is 0 Å². The number of nitrogen functional groups attached to an aromatic ring is 1. The number of nitrogens with two attached hydrogens (primary N) is 1. The molecule has 1 aromatic heterocycles. The predicted octanol–water partition coefficient (Wildman–Crippen LogP) is 2.74. The van der Waals surface area contributed by atoms with Crippen molar-refractivity contribution in [2.45, 2.75) is 44.9 Å². The van der Waals surface area contributed by atoms with Gasteiger partial charge in [0.15, 0.2) is 0 Å². The summed E-state index contributed by atoms with van der Waals surface area (Å²) in [6.45, 7) is 2.28. The molecule has 0 radical (unpaired) electrons. The second-order valence-corrected chi connectivity index (χ2v) is 4.50. The highest BCUT2D eigenvalue weighted by Crippen LogP contribution is 2.35. The van der Waals surface area contributed by atoms with Crippen LogP contribution in [-0.2, 0) is 0 Å². The van der Waals surface area contributed by atoms with Gasteiger partial charge in [-0.3, -0.25) is 0 Å². The van der Waals surface area contributed by atoms with Gasteiger partial charge in [-0.25, -0.2) is 9.97 Å². The number of aromatic nitrogens is 2. The van der Waals surface area contributed by atoms with Crippen LogP contribution >= 0.6 is 0 Å². The van der Waals surface area contributed by atoms with E-state index in [1.807, 2.05) is 0 Å². The topological polar surface area (TPSA) is 51.8 Å². The van der Waals surface area contributed by atoms with Gasteiger partial charge >= 0.3 is 0 Å². The molecular weight excluding hydrogens is 186 g/mol. The molecule has 0 atom stereocenters. The lowest BCUT2D eigenvalue weighted by Crippen LogP contribution is -2.14. The number of anilines is 1. The van der Waals surface area contributed by atoms with Crippen LogP contribution in [0.2, 0.25) is 0 Å². The first-order chi connectivity index (χ1) is 7.29. The molecule has 2 N–H and O–H groups in total. The van der Waals surface area contributed by atoms with Crippen LogP contribution in [0.5, 0.6) is 0 Å². The smallest absolute Gasteiger partial charge is 0.131 e. The lowest BCUT2D eigenvalue weighted by atomic mass is 9.80. The van der Waals surface area contributed by atoms with Crippen LogP contribution in [0.15, 0.2) is 12.4 Å². The largest absolute Gasteiger partial charge is 0.396 e. The van der Waals surface area contributed by atoms with Gasteiger partial charge in [-0.05, 0) is 31.6 Å². The molecule has 1 fully saturated rings. The van der Waals surface area contributed by atoms with Gasteiger partial charge in [-0.1, -0.05) is 13.3 Å². The van der Waals surface area contributed by atoms with E-state index in [1.54, 1.807) is 12.4 Å². The molecule has 1 aromatic rings. The Kier molecular flexibility index (Phi) is 3.19. The van der Waals surface area contributed by atoms with Gasteiger partial charge in [0.25, 0.3) is 0 Å². The Morgan fingerprint density at radius 3 is 2.33 bits per heavy atom. The van der Waals surface area contributed by atoms with E-state index in [1.165, 1.54) is 32.1 Å². The summed E-state index contributed by atoms with van der Waals surface area (Å²) < 4.78 is 0. The highest BCUT2D eigenvalue weighted by atomic mass is 14.9. The molecule has 0 aliphatic heterocycles. The summed E-state index contributed by atoms with van der Waals surface area (Å²) in [5, 5.41) is 0. The minimum Gasteiger partial charge on any atom is -0.396 e. The third-order valence-electron chi connectivity index (χ3n) is 3.48. The molecule has 0 bridgehead atoms. The van der Waals surface area contributed by atoms with Crippen LogP contribution in [0.25, 0.3) is 0 Å². The molecule has 2 rings (SSSR count). The van der Waals surface area contributed by atoms with E-state index in [0.29, 0.717) is 11.6 Å². The van der Waals surface area contributed by atoms with Crippen molar-refractivity contribution >= 4 is 5.69 Å². The van der Waals surface area contributed by atoms with Crippen LogP contribution < -0.4 is 5.73 Å². The zero-order chi connectivity index (χ0) is 10.7. The van der Waals surface area contributed by atoms with Gasteiger partial charge in [0.05, 0.1) is 18.1 Å². The van der Waals surface area contributed by atoms with E-state index in [4.69, 9.17) is 5.73 Å². The normalized spacial score (nSPS) is 26.5. The van der Waals surface area contributed by atoms with E-state index >= 15 is 0 Å². The fourth-order valence-corrected chi connectivity index (χ4v) is 2.39. The minimum absolute atomic E-state index is 0.563. The Morgan fingerprint density at radius 2 is 1.80 bits per heavy atom. The van der Waals surface area contributed by atoms with Crippen LogP contribution in [0.1, 0.15) is 50.8 Å². The maximum Gasteiger partial charge on any atom is 0.131 e. The van der Waals surface area contributed by atoms with Crippen molar-refractivity contribution < 1.29 is 0 Å². The molecule has 3 heteroatoms. The zero-order valence-electron chi connectivity index (χ0n) is 9.32. The van der Waals surface area contributed by atoms with E-state index in [0.717, 1.165) is 11.7 Å². The molecule has 3 nitrogen and oxygen atoms in total. The standard InChI is InChI=1S/C12H19N3/c1-2-9-3-5-10(6-4-9)12-14-7-11(13)8-15-12/h7-10H,2-6,13H2,1H3. The van der Waals surface area contributed by atoms with Gasteiger partial charge in [-0.15, -0.1) is 0 Å². The molecule has 0 amide bonds. The molecule has 1 aliphatic rings. The van der Waals surface area contributed by atoms with Crippen LogP contribution in [0, 0.1) is 5.92 Å². The highest BCUT2D eigenvalue weighted by Gasteiger charge is 2.22. The quantitative estimate of drug-likeness (QED) is 0.807. The van der Waals surface area contributed by atoms with E-state index in [9.17, 15) is 0 Å². The SMILES string of the molecule is CCC1CCC(c2ncc(N)cn2)CC1. The molecule has 1 aliphatic carbocycles. The van der Waals surface area contributed by atoms with Gasteiger partial charge < -0.3 is 5.73 Å². The van der Waals surface area contributed by atoms with Crippen LogP contribution in [0.3, 0.4) is 0 Å². The molecular formula is C12H19N3. The summed E-state index contributed by atoms with van der Waals surface area (Å²) in [4.78, 5) is 8.63. The number of nitrogens with zero attached hydrogens (tertiary/aromatic N) is 2. The lowest BCUT2D eigenvalue weighted by molar-refractivity contribution is 0.312. The zero-order valence-corrected chi connectivity index (χ0v) is 9.32. The molecule has 1 heterocycles. The monoisotopic (exact) mass is 205 g/mol. The molecule has 0 aromatic carbocycles. The minimum atomic E-state index is 0.563. The first-order valence-corrected chi connectivity index (χ1v) is 5.87. The summed E-state index contributed by atoms with van der Waals surface area (Å²) in [7, 11) is 0. The van der Waals surface area contributed by atoms with Gasteiger partial charge in [-0.2, -0.15) is 0 Å². The molecule has 82 valence electrons. The second kappa shape index (κ2) is 4.60. The highest BCUT2D eigenvalue weighted by molar-refractivity contribution is 5.30. The Balaban J connectivity index is 1.98. The van der Waals surface area contributed by atoms with Gasteiger partial charge in [0.2, 0.25) is 0 Å². The maximum atomic E-state index is 5.57. The maximum absolute atomic E-state index is 5.57. The summed E-state index contributed by atoms with van der Waals surface area (Å²) in [5.74, 6) is 2.47. The Labute approximate surface area is 91.1 Å². The van der Waals surface area contributed by atoms with E-state index in [2.05, 4.69) is 16.9 Å². The molecule has 15 heavy (non-hydrogen) atoms. The van der Waals surface area contributed by atoms with Gasteiger partial charge in [0, 0.05) is 5.92 Å². The average molecular weight is 205 g/mol. The summed E-state index contributed by atoms with van der Waals surface area (Å²) >= 11 is 0. The van der Waals surface area contributed by atoms with Crippen LogP contribution in [0.4, 0.5) is 5.69 Å². The predicted molar refractivity (Wildman–Crippen MR) is 61.4 cm³/mol. The number of hydrogen-bond donors (Lipinski definition) is 1. The Bertz CT molecular complexity index is 299. The first-order valence-electron chi connectivity index (χ1n) is 5.87. The van der Waals surface area contributed by atoms with Crippen molar-refractivity contribution in [1.29, 1.82) is 0 Å². The molecule has 0 unspecified atom stereocenters.